The van der Waals surface area contributed by atoms with Crippen molar-refractivity contribution in [3.8, 4) is 11.8 Å². The summed E-state index contributed by atoms with van der Waals surface area (Å²) >= 11 is 6.10. The van der Waals surface area contributed by atoms with Gasteiger partial charge in [0.15, 0.2) is 0 Å². The van der Waals surface area contributed by atoms with Crippen LogP contribution in [0.5, 0.6) is 5.75 Å². The number of nitrogens with one attached hydrogen (secondary N) is 1. The molecular formula is C22H21ClN4O2. The summed E-state index contributed by atoms with van der Waals surface area (Å²) in [6.45, 7) is 4.15. The number of rotatable bonds is 4. The molecule has 0 amide bonds. The molecule has 7 heteroatoms. The molecule has 148 valence electrons. The molecule has 0 spiro atoms. The lowest BCUT2D eigenvalue weighted by Gasteiger charge is -2.47. The van der Waals surface area contributed by atoms with Crippen LogP contribution in [-0.4, -0.2) is 26.8 Å². The molecule has 0 saturated carbocycles. The molecule has 1 aliphatic heterocycles. The first kappa shape index (κ1) is 19.3. The van der Waals surface area contributed by atoms with E-state index in [2.05, 4.69) is 20.9 Å². The lowest BCUT2D eigenvalue weighted by atomic mass is 9.84. The number of nitrogens with zero attached hydrogens (tertiary/aromatic N) is 3. The minimum absolute atomic E-state index is 0.433. The molecule has 0 bridgehead atoms. The van der Waals surface area contributed by atoms with E-state index in [9.17, 15) is 10.4 Å². The predicted octanol–water partition coefficient (Wildman–Crippen LogP) is 4.21. The second kappa shape index (κ2) is 7.43. The van der Waals surface area contributed by atoms with Gasteiger partial charge in [-0.05, 0) is 56.3 Å². The standard InChI is InChI=1S/C22H21ClN4O2/c1-22(2)21(28)20(17-11-14(12-24)3-8-18(17)29-22)27(13-19-25-9-10-26-19)16-6-4-15(23)5-7-16/h3-11,20-21,28H,13H2,1-2H3,(H,25,26)/t20-,21-/m0/s1. The first-order chi connectivity index (χ1) is 13.9. The molecular weight excluding hydrogens is 388 g/mol. The molecule has 4 rings (SSSR count). The number of benzene rings is 2. The Hall–Kier alpha value is -3.01. The number of imidazole rings is 1. The smallest absolute Gasteiger partial charge is 0.132 e. The molecule has 3 aromatic rings. The SMILES string of the molecule is CC1(C)Oc2ccc(C#N)cc2[C@H](N(Cc2ncc[nH]2)c2ccc(Cl)cc2)[C@@H]1O. The Balaban J connectivity index is 1.88. The van der Waals surface area contributed by atoms with E-state index in [1.807, 2.05) is 38.1 Å². The van der Waals surface area contributed by atoms with Crippen molar-refractivity contribution in [3.05, 3.63) is 76.8 Å². The molecule has 6 nitrogen and oxygen atoms in total. The number of anilines is 1. The largest absolute Gasteiger partial charge is 0.485 e. The van der Waals surface area contributed by atoms with E-state index in [0.717, 1.165) is 17.1 Å². The fourth-order valence-electron chi connectivity index (χ4n) is 3.70. The summed E-state index contributed by atoms with van der Waals surface area (Å²) in [5.41, 5.74) is 1.33. The number of hydrogen-bond donors (Lipinski definition) is 2. The third-order valence-electron chi connectivity index (χ3n) is 5.21. The number of aromatic amines is 1. The topological polar surface area (TPSA) is 85.2 Å². The Morgan fingerprint density at radius 2 is 2.03 bits per heavy atom. The number of fused-ring (bicyclic) bond motifs is 1. The number of ether oxygens (including phenoxy) is 1. The zero-order valence-electron chi connectivity index (χ0n) is 16.1. The summed E-state index contributed by atoms with van der Waals surface area (Å²) in [6, 6.07) is 14.5. The maximum Gasteiger partial charge on any atom is 0.132 e. The molecule has 2 atom stereocenters. The maximum absolute atomic E-state index is 11.3. The summed E-state index contributed by atoms with van der Waals surface area (Å²) in [7, 11) is 0. The van der Waals surface area contributed by atoms with Crippen LogP contribution in [0.1, 0.15) is 36.8 Å². The average molecular weight is 409 g/mol. The molecule has 1 aliphatic rings. The molecule has 1 aromatic heterocycles. The summed E-state index contributed by atoms with van der Waals surface area (Å²) in [6.07, 6.45) is 2.61. The van der Waals surface area contributed by atoms with Crippen LogP contribution in [0, 0.1) is 11.3 Å². The summed E-state index contributed by atoms with van der Waals surface area (Å²) < 4.78 is 6.07. The van der Waals surface area contributed by atoms with Gasteiger partial charge >= 0.3 is 0 Å². The molecule has 2 N–H and O–H groups in total. The van der Waals surface area contributed by atoms with Gasteiger partial charge in [-0.3, -0.25) is 0 Å². The van der Waals surface area contributed by atoms with Crippen LogP contribution >= 0.6 is 11.6 Å². The van der Waals surface area contributed by atoms with Crippen molar-refractivity contribution >= 4 is 17.3 Å². The van der Waals surface area contributed by atoms with Gasteiger partial charge in [-0.25, -0.2) is 4.98 Å². The van der Waals surface area contributed by atoms with Crippen molar-refractivity contribution in [1.82, 2.24) is 9.97 Å². The monoisotopic (exact) mass is 408 g/mol. The molecule has 0 aliphatic carbocycles. The van der Waals surface area contributed by atoms with E-state index in [4.69, 9.17) is 16.3 Å². The molecule has 0 unspecified atom stereocenters. The van der Waals surface area contributed by atoms with Gasteiger partial charge in [-0.2, -0.15) is 5.26 Å². The number of halogens is 1. The van der Waals surface area contributed by atoms with Crippen molar-refractivity contribution in [2.45, 2.75) is 38.1 Å². The van der Waals surface area contributed by atoms with Gasteiger partial charge in [0.25, 0.3) is 0 Å². The number of aliphatic hydroxyl groups excluding tert-OH is 1. The van der Waals surface area contributed by atoms with Gasteiger partial charge in [-0.15, -0.1) is 0 Å². The van der Waals surface area contributed by atoms with E-state index < -0.39 is 17.7 Å². The molecule has 2 heterocycles. The van der Waals surface area contributed by atoms with Gasteiger partial charge in [0.1, 0.15) is 23.3 Å². The van der Waals surface area contributed by atoms with Crippen LogP contribution < -0.4 is 9.64 Å². The minimum Gasteiger partial charge on any atom is -0.485 e. The highest BCUT2D eigenvalue weighted by molar-refractivity contribution is 6.30. The zero-order chi connectivity index (χ0) is 20.6. The van der Waals surface area contributed by atoms with Crippen LogP contribution in [0.3, 0.4) is 0 Å². The average Bonchev–Trinajstić information content (AvgIpc) is 3.21. The van der Waals surface area contributed by atoms with Crippen molar-refractivity contribution in [1.29, 1.82) is 5.26 Å². The molecule has 29 heavy (non-hydrogen) atoms. The highest BCUT2D eigenvalue weighted by atomic mass is 35.5. The Morgan fingerprint density at radius 1 is 1.28 bits per heavy atom. The second-order valence-electron chi connectivity index (χ2n) is 7.60. The van der Waals surface area contributed by atoms with E-state index in [0.29, 0.717) is 22.9 Å². The van der Waals surface area contributed by atoms with Gasteiger partial charge in [0, 0.05) is 28.7 Å². The highest BCUT2D eigenvalue weighted by Gasteiger charge is 2.45. The number of H-pyrrole nitrogens is 1. The van der Waals surface area contributed by atoms with E-state index in [1.54, 1.807) is 30.6 Å². The zero-order valence-corrected chi connectivity index (χ0v) is 16.9. The van der Waals surface area contributed by atoms with E-state index in [1.165, 1.54) is 0 Å². The molecule has 0 radical (unpaired) electrons. The second-order valence-corrected chi connectivity index (χ2v) is 8.04. The minimum atomic E-state index is -0.852. The lowest BCUT2D eigenvalue weighted by molar-refractivity contribution is -0.0590. The number of aliphatic hydroxyl groups is 1. The third kappa shape index (κ3) is 3.67. The number of aromatic nitrogens is 2. The molecule has 2 aromatic carbocycles. The quantitative estimate of drug-likeness (QED) is 0.675. The Kier molecular flexibility index (Phi) is 4.95. The van der Waals surface area contributed by atoms with E-state index >= 15 is 0 Å². The van der Waals surface area contributed by atoms with Gasteiger partial charge < -0.3 is 19.7 Å². The summed E-state index contributed by atoms with van der Waals surface area (Å²) in [5.74, 6) is 1.41. The van der Waals surface area contributed by atoms with Crippen LogP contribution in [0.4, 0.5) is 5.69 Å². The Labute approximate surface area is 174 Å². The fourth-order valence-corrected chi connectivity index (χ4v) is 3.83. The number of nitriles is 1. The van der Waals surface area contributed by atoms with Crippen LogP contribution in [0.2, 0.25) is 5.02 Å². The summed E-state index contributed by atoms with van der Waals surface area (Å²) in [4.78, 5) is 9.54. The van der Waals surface area contributed by atoms with Crippen LogP contribution in [0.25, 0.3) is 0 Å². The fraction of sp³-hybridized carbons (Fsp3) is 0.273. The van der Waals surface area contributed by atoms with Crippen LogP contribution in [-0.2, 0) is 6.54 Å². The normalized spacial score (nSPS) is 19.7. The van der Waals surface area contributed by atoms with Crippen molar-refractivity contribution in [2.24, 2.45) is 0 Å². The van der Waals surface area contributed by atoms with E-state index in [-0.39, 0.29) is 0 Å². The predicted molar refractivity (Wildman–Crippen MR) is 111 cm³/mol. The van der Waals surface area contributed by atoms with Crippen molar-refractivity contribution < 1.29 is 9.84 Å². The first-order valence-corrected chi connectivity index (χ1v) is 9.68. The third-order valence-corrected chi connectivity index (χ3v) is 5.46. The van der Waals surface area contributed by atoms with Gasteiger partial charge in [0.2, 0.25) is 0 Å². The number of hydrogen-bond acceptors (Lipinski definition) is 5. The van der Waals surface area contributed by atoms with Crippen molar-refractivity contribution in [2.75, 3.05) is 4.90 Å². The highest BCUT2D eigenvalue weighted by Crippen LogP contribution is 2.45. The van der Waals surface area contributed by atoms with Crippen molar-refractivity contribution in [3.63, 3.8) is 0 Å². The van der Waals surface area contributed by atoms with Gasteiger partial charge in [-0.1, -0.05) is 11.6 Å². The molecule has 0 fully saturated rings. The Morgan fingerprint density at radius 3 is 2.69 bits per heavy atom. The van der Waals surface area contributed by atoms with Gasteiger partial charge in [0.05, 0.1) is 24.2 Å². The van der Waals surface area contributed by atoms with Crippen LogP contribution in [0.15, 0.2) is 54.9 Å². The first-order valence-electron chi connectivity index (χ1n) is 9.30. The maximum atomic E-state index is 11.3. The molecule has 0 saturated heterocycles. The summed E-state index contributed by atoms with van der Waals surface area (Å²) in [5, 5.41) is 21.3. The lowest BCUT2D eigenvalue weighted by Crippen LogP contribution is -2.53. The Bertz CT molecular complexity index is 1040.